The van der Waals surface area contributed by atoms with Gasteiger partial charge in [0, 0.05) is 38.6 Å². The minimum atomic E-state index is -0.691. The fourth-order valence-corrected chi connectivity index (χ4v) is 4.22. The van der Waals surface area contributed by atoms with Gasteiger partial charge in [-0.2, -0.15) is 0 Å². The summed E-state index contributed by atoms with van der Waals surface area (Å²) in [5.41, 5.74) is 0.851. The summed E-state index contributed by atoms with van der Waals surface area (Å²) in [6.45, 7) is 2.37. The predicted molar refractivity (Wildman–Crippen MR) is 104 cm³/mol. The van der Waals surface area contributed by atoms with Crippen LogP contribution in [-0.2, 0) is 23.8 Å². The second-order valence-corrected chi connectivity index (χ2v) is 7.88. The number of aromatic nitrogens is 1. The van der Waals surface area contributed by atoms with Crippen molar-refractivity contribution in [1.82, 2.24) is 14.8 Å². The lowest BCUT2D eigenvalue weighted by molar-refractivity contribution is -0.171. The van der Waals surface area contributed by atoms with E-state index in [0.717, 1.165) is 31.2 Å². The smallest absolute Gasteiger partial charge is 0.254 e. The van der Waals surface area contributed by atoms with E-state index in [9.17, 15) is 9.59 Å². The lowest BCUT2D eigenvalue weighted by Crippen LogP contribution is -2.56. The highest BCUT2D eigenvalue weighted by atomic mass is 16.5. The van der Waals surface area contributed by atoms with Gasteiger partial charge in [-0.25, -0.2) is 0 Å². The third kappa shape index (κ3) is 4.60. The molecule has 2 atom stereocenters. The van der Waals surface area contributed by atoms with Gasteiger partial charge in [0.15, 0.2) is 6.10 Å². The van der Waals surface area contributed by atoms with Gasteiger partial charge < -0.3 is 24.0 Å². The predicted octanol–water partition coefficient (Wildman–Crippen LogP) is 1.17. The Morgan fingerprint density at radius 1 is 1.24 bits per heavy atom. The van der Waals surface area contributed by atoms with E-state index < -0.39 is 12.1 Å². The number of hydrogen-bond donors (Lipinski definition) is 0. The van der Waals surface area contributed by atoms with Gasteiger partial charge in [-0.1, -0.05) is 6.07 Å². The van der Waals surface area contributed by atoms with Gasteiger partial charge in [0.05, 0.1) is 25.4 Å². The van der Waals surface area contributed by atoms with Crippen molar-refractivity contribution < 1.29 is 23.8 Å². The summed E-state index contributed by atoms with van der Waals surface area (Å²) in [7, 11) is 1.66. The molecule has 29 heavy (non-hydrogen) atoms. The summed E-state index contributed by atoms with van der Waals surface area (Å²) < 4.78 is 16.7. The van der Waals surface area contributed by atoms with Crippen molar-refractivity contribution in [2.45, 2.75) is 50.0 Å². The molecule has 0 aromatic carbocycles. The van der Waals surface area contributed by atoms with Crippen LogP contribution in [0.25, 0.3) is 0 Å². The first-order valence-corrected chi connectivity index (χ1v) is 10.4. The Bertz CT molecular complexity index is 704. The molecule has 1 aromatic rings. The fraction of sp³-hybridized carbons (Fsp3) is 0.667. The van der Waals surface area contributed by atoms with Crippen LogP contribution in [-0.4, -0.2) is 84.9 Å². The molecule has 1 saturated carbocycles. The van der Waals surface area contributed by atoms with E-state index in [0.29, 0.717) is 26.3 Å². The number of pyridine rings is 1. The maximum atomic E-state index is 13.4. The second kappa shape index (κ2) is 9.19. The molecule has 0 N–H and O–H groups in total. The highest BCUT2D eigenvalue weighted by Crippen LogP contribution is 2.40. The van der Waals surface area contributed by atoms with E-state index in [1.807, 2.05) is 21.9 Å². The topological polar surface area (TPSA) is 81.2 Å². The number of piperidine rings is 1. The summed E-state index contributed by atoms with van der Waals surface area (Å²) >= 11 is 0. The standard InChI is InChI=1S/C21H29N3O5/c1-27-11-12-28-17-6-9-23(10-7-17)21(26)20-19(15-3-2-8-22-13-15)24(16-4-5-16)18(25)14-29-20/h2-3,8,13,16-17,19-20H,4-7,9-12,14H2,1H3/t19-,20+/m1/s1. The fourth-order valence-electron chi connectivity index (χ4n) is 4.22. The van der Waals surface area contributed by atoms with Crippen molar-refractivity contribution in [3.63, 3.8) is 0 Å². The first-order valence-electron chi connectivity index (χ1n) is 10.4. The zero-order valence-corrected chi connectivity index (χ0v) is 16.9. The number of rotatable bonds is 7. The molecule has 3 heterocycles. The molecule has 3 fully saturated rings. The molecule has 4 rings (SSSR count). The van der Waals surface area contributed by atoms with Crippen molar-refractivity contribution in [2.24, 2.45) is 0 Å². The molecule has 0 bridgehead atoms. The Hall–Kier alpha value is -2.03. The van der Waals surface area contributed by atoms with Gasteiger partial charge in [0.1, 0.15) is 6.61 Å². The lowest BCUT2D eigenvalue weighted by Gasteiger charge is -2.43. The molecule has 2 amide bonds. The minimum absolute atomic E-state index is 0.0414. The Kier molecular flexibility index (Phi) is 6.42. The third-order valence-corrected chi connectivity index (χ3v) is 5.87. The lowest BCUT2D eigenvalue weighted by atomic mass is 9.96. The molecule has 3 aliphatic rings. The maximum absolute atomic E-state index is 13.4. The molecule has 1 aromatic heterocycles. The number of ether oxygens (including phenoxy) is 3. The van der Waals surface area contributed by atoms with Gasteiger partial charge in [-0.3, -0.25) is 14.6 Å². The number of carbonyl (C=O) groups excluding carboxylic acids is 2. The average Bonchev–Trinajstić information content (AvgIpc) is 3.59. The Balaban J connectivity index is 1.46. The van der Waals surface area contributed by atoms with Crippen LogP contribution in [0.1, 0.15) is 37.3 Å². The van der Waals surface area contributed by atoms with Crippen LogP contribution in [0.5, 0.6) is 0 Å². The number of morpholine rings is 1. The normalized spacial score (nSPS) is 26.0. The van der Waals surface area contributed by atoms with Crippen LogP contribution >= 0.6 is 0 Å². The van der Waals surface area contributed by atoms with E-state index in [4.69, 9.17) is 14.2 Å². The molecule has 1 aliphatic carbocycles. The molecule has 0 spiro atoms. The monoisotopic (exact) mass is 403 g/mol. The summed E-state index contributed by atoms with van der Waals surface area (Å²) in [5.74, 6) is -0.0944. The Morgan fingerprint density at radius 3 is 2.69 bits per heavy atom. The van der Waals surface area contributed by atoms with Crippen molar-refractivity contribution in [3.05, 3.63) is 30.1 Å². The number of carbonyl (C=O) groups is 2. The zero-order chi connectivity index (χ0) is 20.2. The van der Waals surface area contributed by atoms with E-state index in [1.54, 1.807) is 19.5 Å². The van der Waals surface area contributed by atoms with Crippen molar-refractivity contribution in [3.8, 4) is 0 Å². The second-order valence-electron chi connectivity index (χ2n) is 7.88. The molecule has 0 radical (unpaired) electrons. The van der Waals surface area contributed by atoms with Gasteiger partial charge in [0.25, 0.3) is 5.91 Å². The summed E-state index contributed by atoms with van der Waals surface area (Å²) in [4.78, 5) is 33.9. The van der Waals surface area contributed by atoms with Gasteiger partial charge in [-0.15, -0.1) is 0 Å². The highest BCUT2D eigenvalue weighted by molar-refractivity contribution is 5.87. The van der Waals surface area contributed by atoms with Gasteiger partial charge in [-0.05, 0) is 37.3 Å². The maximum Gasteiger partial charge on any atom is 0.254 e. The highest BCUT2D eigenvalue weighted by Gasteiger charge is 2.48. The first-order chi connectivity index (χ1) is 14.2. The molecular formula is C21H29N3O5. The largest absolute Gasteiger partial charge is 0.382 e. The molecule has 0 unspecified atom stereocenters. The summed E-state index contributed by atoms with van der Waals surface area (Å²) in [6, 6.07) is 3.54. The third-order valence-electron chi connectivity index (χ3n) is 5.87. The molecule has 2 saturated heterocycles. The van der Waals surface area contributed by atoms with Crippen molar-refractivity contribution in [2.75, 3.05) is 40.0 Å². The summed E-state index contributed by atoms with van der Waals surface area (Å²) in [5, 5.41) is 0. The zero-order valence-electron chi connectivity index (χ0n) is 16.9. The Morgan fingerprint density at radius 2 is 2.03 bits per heavy atom. The molecule has 8 heteroatoms. The van der Waals surface area contributed by atoms with Crippen LogP contribution in [0.3, 0.4) is 0 Å². The van der Waals surface area contributed by atoms with Crippen molar-refractivity contribution in [1.29, 1.82) is 0 Å². The quantitative estimate of drug-likeness (QED) is 0.636. The SMILES string of the molecule is COCCOC1CCN(C(=O)[C@H]2OCC(=O)N(C3CC3)[C@@H]2c2cccnc2)CC1. The number of likely N-dealkylation sites (tertiary alicyclic amines) is 1. The molecule has 158 valence electrons. The first kappa shape index (κ1) is 20.3. The number of hydrogen-bond acceptors (Lipinski definition) is 6. The minimum Gasteiger partial charge on any atom is -0.382 e. The Labute approximate surface area is 171 Å². The number of nitrogens with zero attached hydrogens (tertiary/aromatic N) is 3. The van der Waals surface area contributed by atoms with E-state index in [-0.39, 0.29) is 30.6 Å². The molecule has 8 nitrogen and oxygen atoms in total. The van der Waals surface area contributed by atoms with Crippen LogP contribution in [0.2, 0.25) is 0 Å². The molecule has 2 aliphatic heterocycles. The van der Waals surface area contributed by atoms with E-state index in [1.165, 1.54) is 0 Å². The van der Waals surface area contributed by atoms with Gasteiger partial charge >= 0.3 is 0 Å². The molecular weight excluding hydrogens is 374 g/mol. The van der Waals surface area contributed by atoms with Crippen LogP contribution < -0.4 is 0 Å². The average molecular weight is 403 g/mol. The van der Waals surface area contributed by atoms with Crippen LogP contribution in [0, 0.1) is 0 Å². The number of amides is 2. The van der Waals surface area contributed by atoms with Crippen LogP contribution in [0.4, 0.5) is 0 Å². The summed E-state index contributed by atoms with van der Waals surface area (Å²) in [6.07, 6.45) is 6.44. The van der Waals surface area contributed by atoms with Gasteiger partial charge in [0.2, 0.25) is 5.91 Å². The number of methoxy groups -OCH3 is 1. The van der Waals surface area contributed by atoms with Crippen LogP contribution in [0.15, 0.2) is 24.5 Å². The van der Waals surface area contributed by atoms with E-state index >= 15 is 0 Å². The van der Waals surface area contributed by atoms with E-state index in [2.05, 4.69) is 4.98 Å². The van der Waals surface area contributed by atoms with Crippen molar-refractivity contribution >= 4 is 11.8 Å².